The average Bonchev–Trinajstić information content (AvgIpc) is 2.82. The fraction of sp³-hybridized carbons (Fsp3) is 0. The van der Waals surface area contributed by atoms with Crippen molar-refractivity contribution >= 4 is 55.2 Å². The van der Waals surface area contributed by atoms with Gasteiger partial charge in [0.2, 0.25) is 19.7 Å². The van der Waals surface area contributed by atoms with Crippen LogP contribution in [-0.4, -0.2) is 61.1 Å². The number of hydrogen-bond acceptors (Lipinski definition) is 8. The van der Waals surface area contributed by atoms with Crippen LogP contribution in [0.25, 0.3) is 0 Å². The lowest BCUT2D eigenvalue weighted by atomic mass is 10.1. The van der Waals surface area contributed by atoms with Gasteiger partial charge in [-0.25, -0.2) is 36.0 Å². The maximum Gasteiger partial charge on any atom is 0.336 e. The first kappa shape index (κ1) is 27.3. The van der Waals surface area contributed by atoms with Crippen LogP contribution in [-0.2, 0) is 19.7 Å². The first-order chi connectivity index (χ1) is 17.1. The zero-order valence-corrected chi connectivity index (χ0v) is 20.3. The Kier molecular flexibility index (Phi) is 7.12. The van der Waals surface area contributed by atoms with Crippen molar-refractivity contribution in [2.45, 2.75) is 19.6 Å². The lowest BCUT2D eigenvalue weighted by molar-refractivity contribution is 0.0651. The molecule has 15 heteroatoms. The molecule has 3 rings (SSSR count). The fourth-order valence-corrected chi connectivity index (χ4v) is 6.42. The maximum absolute atomic E-state index is 13.2. The molecule has 0 aliphatic carbocycles. The molecule has 0 aromatic heterocycles. The Morgan fingerprint density at radius 3 is 1.27 bits per heavy atom. The van der Waals surface area contributed by atoms with Gasteiger partial charge in [-0.1, -0.05) is 11.6 Å². The van der Waals surface area contributed by atoms with Gasteiger partial charge in [-0.2, -0.15) is 0 Å². The highest BCUT2D eigenvalue weighted by Gasteiger charge is 2.29. The van der Waals surface area contributed by atoms with Crippen molar-refractivity contribution in [2.24, 2.45) is 0 Å². The number of carboxylic acid groups (broad SMARTS) is 4. The Morgan fingerprint density at radius 1 is 0.514 bits per heavy atom. The van der Waals surface area contributed by atoms with Crippen LogP contribution in [0.4, 0.5) is 0 Å². The molecular formula is C22H13ClO12S2. The van der Waals surface area contributed by atoms with Crippen molar-refractivity contribution in [1.82, 2.24) is 0 Å². The molecule has 0 spiro atoms. The van der Waals surface area contributed by atoms with Gasteiger partial charge in [0.1, 0.15) is 0 Å². The van der Waals surface area contributed by atoms with E-state index < -0.39 is 90.4 Å². The number of hydrogen-bond donors (Lipinski definition) is 4. The van der Waals surface area contributed by atoms with Crippen LogP contribution in [0.3, 0.4) is 0 Å². The summed E-state index contributed by atoms with van der Waals surface area (Å²) >= 11 is 6.01. The second-order valence-corrected chi connectivity index (χ2v) is 11.5. The minimum absolute atomic E-state index is 0.453. The minimum atomic E-state index is -4.70. The Morgan fingerprint density at radius 2 is 0.865 bits per heavy atom. The molecule has 192 valence electrons. The van der Waals surface area contributed by atoms with E-state index in [9.17, 15) is 46.2 Å². The predicted octanol–water partition coefficient (Wildman–Crippen LogP) is 2.80. The maximum atomic E-state index is 13.2. The summed E-state index contributed by atoms with van der Waals surface area (Å²) in [5.74, 6) is -6.68. The molecule has 3 aromatic carbocycles. The number of halogens is 1. The zero-order valence-electron chi connectivity index (χ0n) is 17.9. The highest BCUT2D eigenvalue weighted by molar-refractivity contribution is 7.92. The van der Waals surface area contributed by atoms with Crippen molar-refractivity contribution in [2.75, 3.05) is 0 Å². The van der Waals surface area contributed by atoms with Gasteiger partial charge in [-0.05, 0) is 54.6 Å². The molecule has 0 aliphatic rings. The van der Waals surface area contributed by atoms with Crippen LogP contribution in [0.5, 0.6) is 0 Å². The Balaban J connectivity index is 2.20. The minimum Gasteiger partial charge on any atom is -0.478 e. The molecule has 37 heavy (non-hydrogen) atoms. The summed E-state index contributed by atoms with van der Waals surface area (Å²) in [5, 5.41) is 36.4. The van der Waals surface area contributed by atoms with Gasteiger partial charge in [-0.15, -0.1) is 0 Å². The second kappa shape index (κ2) is 9.65. The summed E-state index contributed by atoms with van der Waals surface area (Å²) in [6, 6.07) is 6.87. The predicted molar refractivity (Wildman–Crippen MR) is 123 cm³/mol. The molecular weight excluding hydrogens is 556 g/mol. The molecule has 4 N–H and O–H groups in total. The van der Waals surface area contributed by atoms with Crippen molar-refractivity contribution in [1.29, 1.82) is 0 Å². The van der Waals surface area contributed by atoms with E-state index in [4.69, 9.17) is 21.8 Å². The van der Waals surface area contributed by atoms with E-state index in [-0.39, 0.29) is 0 Å². The van der Waals surface area contributed by atoms with Crippen LogP contribution < -0.4 is 0 Å². The standard InChI is InChI=1S/C22H13ClO12S2/c23-17-6-3-12(36(32,33)10-1-4-13(19(24)25)15(7-10)21(28)29)9-18(17)37(34,35)11-2-5-14(20(26)27)16(8-11)22(30)31/h1-9H,(H,24,25)(H,26,27)(H,28,29)(H,30,31). The number of carbonyl (C=O) groups is 4. The first-order valence-electron chi connectivity index (χ1n) is 9.60. The topological polar surface area (TPSA) is 217 Å². The van der Waals surface area contributed by atoms with E-state index in [1.165, 1.54) is 0 Å². The second-order valence-electron chi connectivity index (χ2n) is 7.23. The summed E-state index contributed by atoms with van der Waals surface area (Å²) in [7, 11) is -9.31. The van der Waals surface area contributed by atoms with Gasteiger partial charge < -0.3 is 20.4 Å². The highest BCUT2D eigenvalue weighted by Crippen LogP contribution is 2.33. The zero-order chi connectivity index (χ0) is 27.9. The van der Waals surface area contributed by atoms with Gasteiger partial charge in [0.05, 0.1) is 46.9 Å². The number of sulfone groups is 2. The lowest BCUT2D eigenvalue weighted by Gasteiger charge is -2.12. The molecule has 0 atom stereocenters. The SMILES string of the molecule is O=C(O)c1ccc(S(=O)(=O)c2ccc(Cl)c(S(=O)(=O)c3ccc(C(=O)O)c(C(=O)O)c3)c2)cc1C(=O)O. The summed E-state index contributed by atoms with van der Waals surface area (Å²) in [4.78, 5) is 42.6. The molecule has 0 saturated carbocycles. The number of rotatable bonds is 8. The van der Waals surface area contributed by atoms with E-state index in [0.717, 1.165) is 36.4 Å². The summed E-state index contributed by atoms with van der Waals surface area (Å²) in [6.07, 6.45) is 0. The van der Waals surface area contributed by atoms with Crippen LogP contribution in [0.2, 0.25) is 5.02 Å². The average molecular weight is 569 g/mol. The lowest BCUT2D eigenvalue weighted by Crippen LogP contribution is -2.12. The van der Waals surface area contributed by atoms with Crippen LogP contribution in [0, 0.1) is 0 Å². The van der Waals surface area contributed by atoms with Crippen molar-refractivity contribution in [3.63, 3.8) is 0 Å². The van der Waals surface area contributed by atoms with E-state index >= 15 is 0 Å². The van der Waals surface area contributed by atoms with Crippen molar-refractivity contribution < 1.29 is 56.4 Å². The van der Waals surface area contributed by atoms with Gasteiger partial charge in [0.25, 0.3) is 0 Å². The van der Waals surface area contributed by atoms with Crippen LogP contribution >= 0.6 is 11.6 Å². The number of benzene rings is 3. The Bertz CT molecular complexity index is 1720. The van der Waals surface area contributed by atoms with Crippen molar-refractivity contribution in [3.8, 4) is 0 Å². The number of carboxylic acids is 4. The number of aromatic carboxylic acids is 4. The van der Waals surface area contributed by atoms with Gasteiger partial charge >= 0.3 is 23.9 Å². The van der Waals surface area contributed by atoms with E-state index in [2.05, 4.69) is 0 Å². The quantitative estimate of drug-likeness (QED) is 0.308. The highest BCUT2D eigenvalue weighted by atomic mass is 35.5. The summed E-state index contributed by atoms with van der Waals surface area (Å²) < 4.78 is 52.8. The van der Waals surface area contributed by atoms with Gasteiger partial charge in [0, 0.05) is 0 Å². The third-order valence-electron chi connectivity index (χ3n) is 5.03. The molecule has 0 aliphatic heterocycles. The van der Waals surface area contributed by atoms with Gasteiger partial charge in [0.15, 0.2) is 0 Å². The monoisotopic (exact) mass is 568 g/mol. The van der Waals surface area contributed by atoms with Crippen molar-refractivity contribution in [3.05, 3.63) is 81.9 Å². The summed E-state index contributed by atoms with van der Waals surface area (Å²) in [5.41, 5.74) is -3.03. The molecule has 12 nitrogen and oxygen atoms in total. The molecule has 0 amide bonds. The molecule has 0 bridgehead atoms. The van der Waals surface area contributed by atoms with E-state index in [1.807, 2.05) is 0 Å². The molecule has 0 saturated heterocycles. The third-order valence-corrected chi connectivity index (χ3v) is 9.01. The van der Waals surface area contributed by atoms with E-state index in [1.54, 1.807) is 0 Å². The normalized spacial score (nSPS) is 11.6. The molecule has 0 heterocycles. The molecule has 3 aromatic rings. The smallest absolute Gasteiger partial charge is 0.336 e. The molecule has 0 radical (unpaired) electrons. The van der Waals surface area contributed by atoms with Crippen LogP contribution in [0.15, 0.2) is 74.2 Å². The van der Waals surface area contributed by atoms with Gasteiger partial charge in [-0.3, -0.25) is 0 Å². The molecule has 0 unspecified atom stereocenters. The Hall–Kier alpha value is -4.27. The third kappa shape index (κ3) is 5.02. The Labute approximate surface area is 212 Å². The van der Waals surface area contributed by atoms with Crippen LogP contribution in [0.1, 0.15) is 41.4 Å². The largest absolute Gasteiger partial charge is 0.478 e. The summed E-state index contributed by atoms with van der Waals surface area (Å²) in [6.45, 7) is 0. The fourth-order valence-electron chi connectivity index (χ4n) is 3.23. The molecule has 0 fully saturated rings. The van der Waals surface area contributed by atoms with E-state index in [0.29, 0.717) is 18.2 Å². The first-order valence-corrected chi connectivity index (χ1v) is 12.9.